The molecular weight excluding hydrogens is 318 g/mol. The van der Waals surface area contributed by atoms with Crippen LogP contribution < -0.4 is 15.4 Å². The number of hydrogen-bond acceptors (Lipinski definition) is 4. The van der Waals surface area contributed by atoms with E-state index in [4.69, 9.17) is 16.3 Å². The zero-order valence-electron chi connectivity index (χ0n) is 13.1. The quantitative estimate of drug-likeness (QED) is 0.810. The fraction of sp³-hybridized carbons (Fsp3) is 0.400. The zero-order valence-corrected chi connectivity index (χ0v) is 13.8. The summed E-state index contributed by atoms with van der Waals surface area (Å²) in [6.45, 7) is 4.68. The Bertz CT molecular complexity index is 620. The number of rotatable bonds is 7. The summed E-state index contributed by atoms with van der Waals surface area (Å²) in [6.07, 6.45) is 2.86. The molecule has 0 saturated carbocycles. The molecular formula is C15H20ClN5O2. The minimum absolute atomic E-state index is 0.0727. The van der Waals surface area contributed by atoms with E-state index in [2.05, 4.69) is 20.7 Å². The van der Waals surface area contributed by atoms with E-state index in [0.29, 0.717) is 23.9 Å². The molecule has 1 heterocycles. The van der Waals surface area contributed by atoms with Gasteiger partial charge in [-0.05, 0) is 26.0 Å². The van der Waals surface area contributed by atoms with Crippen molar-refractivity contribution in [3.8, 4) is 5.75 Å². The van der Waals surface area contributed by atoms with Crippen molar-refractivity contribution in [2.75, 3.05) is 6.54 Å². The summed E-state index contributed by atoms with van der Waals surface area (Å²) in [7, 11) is 0. The lowest BCUT2D eigenvalue weighted by molar-refractivity contribution is 0.206. The molecule has 2 atom stereocenters. The van der Waals surface area contributed by atoms with Crippen molar-refractivity contribution >= 4 is 17.6 Å². The van der Waals surface area contributed by atoms with Crippen molar-refractivity contribution < 1.29 is 9.53 Å². The second kappa shape index (κ2) is 8.38. The number of carbonyl (C=O) groups excluding carboxylic acids is 1. The van der Waals surface area contributed by atoms with Crippen LogP contribution in [0.3, 0.4) is 0 Å². The molecule has 124 valence electrons. The number of nitrogens with one attached hydrogen (secondary N) is 2. The number of hydrogen-bond donors (Lipinski definition) is 2. The molecule has 0 aliphatic heterocycles. The molecule has 1 aromatic carbocycles. The largest absolute Gasteiger partial charge is 0.487 e. The molecule has 23 heavy (non-hydrogen) atoms. The number of amides is 2. The third-order valence-electron chi connectivity index (χ3n) is 3.02. The molecule has 0 aliphatic carbocycles. The maximum absolute atomic E-state index is 11.9. The highest BCUT2D eigenvalue weighted by Crippen LogP contribution is 2.23. The Balaban J connectivity index is 1.70. The van der Waals surface area contributed by atoms with E-state index in [9.17, 15) is 4.79 Å². The highest BCUT2D eigenvalue weighted by Gasteiger charge is 2.11. The van der Waals surface area contributed by atoms with Gasteiger partial charge in [-0.15, -0.1) is 0 Å². The summed E-state index contributed by atoms with van der Waals surface area (Å²) < 4.78 is 7.35. The van der Waals surface area contributed by atoms with Gasteiger partial charge in [0.15, 0.2) is 0 Å². The number of urea groups is 1. The summed E-state index contributed by atoms with van der Waals surface area (Å²) in [4.78, 5) is 15.7. The van der Waals surface area contributed by atoms with Gasteiger partial charge in [0.1, 0.15) is 24.5 Å². The number of benzene rings is 1. The van der Waals surface area contributed by atoms with E-state index >= 15 is 0 Å². The Hall–Kier alpha value is -2.28. The molecule has 7 nitrogen and oxygen atoms in total. The van der Waals surface area contributed by atoms with Gasteiger partial charge >= 0.3 is 6.03 Å². The van der Waals surface area contributed by atoms with Crippen molar-refractivity contribution in [1.82, 2.24) is 25.4 Å². The number of halogens is 1. The normalized spacial score (nSPS) is 13.2. The molecule has 8 heteroatoms. The highest BCUT2D eigenvalue weighted by atomic mass is 35.5. The van der Waals surface area contributed by atoms with Crippen LogP contribution in [-0.2, 0) is 6.54 Å². The lowest BCUT2D eigenvalue weighted by Gasteiger charge is -2.18. The van der Waals surface area contributed by atoms with Gasteiger partial charge < -0.3 is 15.4 Å². The van der Waals surface area contributed by atoms with Crippen molar-refractivity contribution in [3.05, 3.63) is 41.9 Å². The number of nitrogens with zero attached hydrogens (tertiary/aromatic N) is 3. The molecule has 2 N–H and O–H groups in total. The van der Waals surface area contributed by atoms with Crippen LogP contribution in [0.4, 0.5) is 4.79 Å². The van der Waals surface area contributed by atoms with Gasteiger partial charge in [-0.1, -0.05) is 23.7 Å². The predicted octanol–water partition coefficient (Wildman–Crippen LogP) is 2.09. The molecule has 0 bridgehead atoms. The summed E-state index contributed by atoms with van der Waals surface area (Å²) in [6, 6.07) is 6.90. The van der Waals surface area contributed by atoms with Crippen LogP contribution in [0, 0.1) is 0 Å². The molecule has 1 aromatic heterocycles. The maximum atomic E-state index is 11.9. The first-order valence-corrected chi connectivity index (χ1v) is 7.70. The summed E-state index contributed by atoms with van der Waals surface area (Å²) in [5, 5.41) is 10.1. The molecule has 0 aliphatic rings. The lowest BCUT2D eigenvalue weighted by Crippen LogP contribution is -2.45. The van der Waals surface area contributed by atoms with Gasteiger partial charge in [-0.3, -0.25) is 4.68 Å². The SMILES string of the molecule is C[C@H](CNC(=O)N[C@@H](C)Cn1cncn1)Oc1ccccc1Cl. The van der Waals surface area contributed by atoms with Crippen LogP contribution in [-0.4, -0.2) is 39.5 Å². The predicted molar refractivity (Wildman–Crippen MR) is 87.6 cm³/mol. The maximum Gasteiger partial charge on any atom is 0.315 e. The lowest BCUT2D eigenvalue weighted by atomic mass is 10.3. The molecule has 0 saturated heterocycles. The van der Waals surface area contributed by atoms with Crippen LogP contribution in [0.25, 0.3) is 0 Å². The van der Waals surface area contributed by atoms with Crippen LogP contribution in [0.2, 0.25) is 5.02 Å². The molecule has 0 unspecified atom stereocenters. The summed E-state index contributed by atoms with van der Waals surface area (Å²) >= 11 is 6.03. The molecule has 0 spiro atoms. The summed E-state index contributed by atoms with van der Waals surface area (Å²) in [5.74, 6) is 0.600. The van der Waals surface area contributed by atoms with Gasteiger partial charge in [0, 0.05) is 6.04 Å². The minimum Gasteiger partial charge on any atom is -0.487 e. The second-order valence-electron chi connectivity index (χ2n) is 5.23. The number of carbonyl (C=O) groups is 1. The third-order valence-corrected chi connectivity index (χ3v) is 3.33. The monoisotopic (exact) mass is 337 g/mol. The first-order chi connectivity index (χ1) is 11.0. The molecule has 2 rings (SSSR count). The number of aromatic nitrogens is 3. The molecule has 2 amide bonds. The van der Waals surface area contributed by atoms with Crippen molar-refractivity contribution in [3.63, 3.8) is 0 Å². The fourth-order valence-corrected chi connectivity index (χ4v) is 2.14. The topological polar surface area (TPSA) is 81.1 Å². The van der Waals surface area contributed by atoms with Gasteiger partial charge in [0.05, 0.1) is 18.1 Å². The van der Waals surface area contributed by atoms with Crippen molar-refractivity contribution in [1.29, 1.82) is 0 Å². The van der Waals surface area contributed by atoms with Gasteiger partial charge in [0.2, 0.25) is 0 Å². The summed E-state index contributed by atoms with van der Waals surface area (Å²) in [5.41, 5.74) is 0. The van der Waals surface area contributed by atoms with Crippen molar-refractivity contribution in [2.24, 2.45) is 0 Å². The first kappa shape index (κ1) is 17.1. The average molecular weight is 338 g/mol. The standard InChI is InChI=1S/C15H20ClN5O2/c1-11(8-21-10-17-9-19-21)20-15(22)18-7-12(2)23-14-6-4-3-5-13(14)16/h3-6,9-12H,7-8H2,1-2H3,(H2,18,20,22)/t11-,12+/m0/s1. The molecule has 0 fully saturated rings. The Labute approximate surface area is 140 Å². The second-order valence-corrected chi connectivity index (χ2v) is 5.64. The average Bonchev–Trinajstić information content (AvgIpc) is 3.00. The van der Waals surface area contributed by atoms with Crippen LogP contribution >= 0.6 is 11.6 Å². The van der Waals surface area contributed by atoms with E-state index in [1.807, 2.05) is 26.0 Å². The fourth-order valence-electron chi connectivity index (χ4n) is 1.96. The smallest absolute Gasteiger partial charge is 0.315 e. The molecule has 0 radical (unpaired) electrons. The van der Waals surface area contributed by atoms with E-state index in [1.165, 1.54) is 6.33 Å². The van der Waals surface area contributed by atoms with Gasteiger partial charge in [-0.2, -0.15) is 5.10 Å². The van der Waals surface area contributed by atoms with Crippen LogP contribution in [0.1, 0.15) is 13.8 Å². The third kappa shape index (κ3) is 5.78. The Morgan fingerprint density at radius 2 is 2.17 bits per heavy atom. The number of ether oxygens (including phenoxy) is 1. The highest BCUT2D eigenvalue weighted by molar-refractivity contribution is 6.32. The van der Waals surface area contributed by atoms with Crippen LogP contribution in [0.15, 0.2) is 36.9 Å². The van der Waals surface area contributed by atoms with E-state index < -0.39 is 0 Å². The van der Waals surface area contributed by atoms with Gasteiger partial charge in [-0.25, -0.2) is 9.78 Å². The first-order valence-electron chi connectivity index (χ1n) is 7.32. The zero-order chi connectivity index (χ0) is 16.7. The van der Waals surface area contributed by atoms with E-state index in [-0.39, 0.29) is 18.2 Å². The Morgan fingerprint density at radius 3 is 2.87 bits per heavy atom. The van der Waals surface area contributed by atoms with E-state index in [1.54, 1.807) is 23.1 Å². The molecule has 2 aromatic rings. The van der Waals surface area contributed by atoms with Gasteiger partial charge in [0.25, 0.3) is 0 Å². The Kier molecular flexibility index (Phi) is 6.22. The minimum atomic E-state index is -0.257. The number of para-hydroxylation sites is 1. The van der Waals surface area contributed by atoms with E-state index in [0.717, 1.165) is 0 Å². The Morgan fingerprint density at radius 1 is 1.39 bits per heavy atom. The van der Waals surface area contributed by atoms with Crippen LogP contribution in [0.5, 0.6) is 5.75 Å². The van der Waals surface area contributed by atoms with Crippen molar-refractivity contribution in [2.45, 2.75) is 32.5 Å².